The van der Waals surface area contributed by atoms with Gasteiger partial charge in [0.25, 0.3) is 0 Å². The number of carbonyl (C=O) groups excluding carboxylic acids is 1. The largest absolute Gasteiger partial charge is 0.479 e. The summed E-state index contributed by atoms with van der Waals surface area (Å²) < 4.78 is 44.9. The topological polar surface area (TPSA) is 161 Å². The Bertz CT molecular complexity index is 1340. The summed E-state index contributed by atoms with van der Waals surface area (Å²) in [6.45, 7) is 1.50. The Morgan fingerprint density at radius 3 is 2.19 bits per heavy atom. The molecule has 15 heteroatoms. The molecule has 0 N–H and O–H groups in total. The molecule has 3 aromatic rings. The number of Topliss-reactive ketones (excluding diaryl/α,β-unsaturated/α-hetero) is 1. The van der Waals surface area contributed by atoms with Crippen molar-refractivity contribution in [3.8, 4) is 17.4 Å². The summed E-state index contributed by atoms with van der Waals surface area (Å²) in [7, 11) is 0.285. The predicted octanol–water partition coefficient (Wildman–Crippen LogP) is 1.66. The van der Waals surface area contributed by atoms with E-state index < -0.39 is 26.9 Å². The Kier molecular flexibility index (Phi) is 7.47. The first kappa shape index (κ1) is 25.9. The van der Waals surface area contributed by atoms with Gasteiger partial charge in [0.15, 0.2) is 27.2 Å². The molecule has 0 aliphatic heterocycles. The van der Waals surface area contributed by atoms with Gasteiger partial charge in [0.2, 0.25) is 11.8 Å². The molecular formula is C21H24ClN7O6S. The predicted molar refractivity (Wildman–Crippen MR) is 126 cm³/mol. The van der Waals surface area contributed by atoms with E-state index >= 15 is 0 Å². The summed E-state index contributed by atoms with van der Waals surface area (Å²) in [6, 6.07) is 0. The molecular weight excluding hydrogens is 514 g/mol. The summed E-state index contributed by atoms with van der Waals surface area (Å²) in [5, 5.41) is 7.67. The number of sulfone groups is 1. The van der Waals surface area contributed by atoms with Crippen LogP contribution in [0.4, 0.5) is 0 Å². The minimum Gasteiger partial charge on any atom is -0.479 e. The number of ether oxygens (including phenoxy) is 3. The van der Waals surface area contributed by atoms with Crippen molar-refractivity contribution in [2.45, 2.75) is 42.8 Å². The first-order valence-corrected chi connectivity index (χ1v) is 12.9. The van der Waals surface area contributed by atoms with E-state index in [4.69, 9.17) is 25.8 Å². The van der Waals surface area contributed by atoms with E-state index in [9.17, 15) is 13.2 Å². The molecule has 1 aliphatic carbocycles. The molecule has 0 amide bonds. The van der Waals surface area contributed by atoms with Crippen LogP contribution in [0, 0.1) is 0 Å². The maximum absolute atomic E-state index is 13.6. The highest BCUT2D eigenvalue weighted by Crippen LogP contribution is 2.38. The fraction of sp³-hybridized carbons (Fsp3) is 0.476. The van der Waals surface area contributed by atoms with Crippen LogP contribution in [0.1, 0.15) is 49.3 Å². The fourth-order valence-corrected chi connectivity index (χ4v) is 5.43. The number of methoxy groups -OCH3 is 3. The number of carbonyl (C=O) groups is 1. The van der Waals surface area contributed by atoms with Crippen molar-refractivity contribution in [3.63, 3.8) is 0 Å². The van der Waals surface area contributed by atoms with Crippen LogP contribution in [0.5, 0.6) is 11.8 Å². The first-order valence-electron chi connectivity index (χ1n) is 10.8. The van der Waals surface area contributed by atoms with Crippen LogP contribution in [-0.4, -0.2) is 75.5 Å². The highest BCUT2D eigenvalue weighted by atomic mass is 35.5. The zero-order valence-electron chi connectivity index (χ0n) is 20.0. The Labute approximate surface area is 212 Å². The van der Waals surface area contributed by atoms with E-state index in [0.29, 0.717) is 10.8 Å². The standard InChI is InChI=1S/C21H24ClN7O6S/c1-11(17(33-2)18-23-7-13(22)8-24-18)36(31,32)9-15-27-28-19(12-5-14(30)6-12)29(15)16-20(34-3)25-10-26-21(16)35-4/h7-8,10-12,17H,5-6,9H2,1-4H3/t11-,17-/m0/s1. The summed E-state index contributed by atoms with van der Waals surface area (Å²) in [5.74, 6) is 0.213. The molecule has 192 valence electrons. The highest BCUT2D eigenvalue weighted by molar-refractivity contribution is 7.91. The quantitative estimate of drug-likeness (QED) is 0.368. The van der Waals surface area contributed by atoms with Crippen LogP contribution in [0.3, 0.4) is 0 Å². The third-order valence-electron chi connectivity index (χ3n) is 5.91. The molecule has 0 bridgehead atoms. The van der Waals surface area contributed by atoms with Crippen molar-refractivity contribution in [3.05, 3.63) is 41.2 Å². The van der Waals surface area contributed by atoms with Crippen molar-refractivity contribution in [1.29, 1.82) is 0 Å². The molecule has 1 aliphatic rings. The molecule has 4 rings (SSSR count). The number of halogens is 1. The number of nitrogens with zero attached hydrogens (tertiary/aromatic N) is 7. The van der Waals surface area contributed by atoms with Gasteiger partial charge in [-0.05, 0) is 6.92 Å². The monoisotopic (exact) mass is 537 g/mol. The molecule has 3 aromatic heterocycles. The summed E-state index contributed by atoms with van der Waals surface area (Å²) in [5.41, 5.74) is 0.240. The van der Waals surface area contributed by atoms with Crippen molar-refractivity contribution in [2.24, 2.45) is 0 Å². The zero-order chi connectivity index (χ0) is 26.0. The van der Waals surface area contributed by atoms with Crippen molar-refractivity contribution in [1.82, 2.24) is 34.7 Å². The van der Waals surface area contributed by atoms with Gasteiger partial charge in [0, 0.05) is 38.3 Å². The normalized spacial score (nSPS) is 15.9. The van der Waals surface area contributed by atoms with Crippen LogP contribution in [0.2, 0.25) is 5.02 Å². The van der Waals surface area contributed by atoms with Gasteiger partial charge < -0.3 is 14.2 Å². The van der Waals surface area contributed by atoms with E-state index in [-0.39, 0.29) is 53.6 Å². The highest BCUT2D eigenvalue weighted by Gasteiger charge is 2.38. The van der Waals surface area contributed by atoms with Gasteiger partial charge in [-0.15, -0.1) is 10.2 Å². The average Bonchev–Trinajstić information content (AvgIpc) is 3.24. The van der Waals surface area contributed by atoms with Crippen molar-refractivity contribution >= 4 is 27.2 Å². The summed E-state index contributed by atoms with van der Waals surface area (Å²) in [6.07, 6.45) is 3.55. The number of ketones is 1. The molecule has 0 aromatic carbocycles. The second-order valence-electron chi connectivity index (χ2n) is 8.12. The molecule has 3 heterocycles. The smallest absolute Gasteiger partial charge is 0.245 e. The third kappa shape index (κ3) is 4.88. The molecule has 0 unspecified atom stereocenters. The number of hydrogen-bond acceptors (Lipinski definition) is 12. The first-order chi connectivity index (χ1) is 17.2. The van der Waals surface area contributed by atoms with E-state index in [1.165, 1.54) is 51.5 Å². The molecule has 36 heavy (non-hydrogen) atoms. The molecule has 0 saturated heterocycles. The van der Waals surface area contributed by atoms with Crippen LogP contribution < -0.4 is 9.47 Å². The molecule has 1 saturated carbocycles. The van der Waals surface area contributed by atoms with Crippen LogP contribution in [0.15, 0.2) is 18.7 Å². The van der Waals surface area contributed by atoms with E-state index in [1.807, 2.05) is 0 Å². The van der Waals surface area contributed by atoms with Gasteiger partial charge in [-0.3, -0.25) is 9.36 Å². The lowest BCUT2D eigenvalue weighted by Gasteiger charge is -2.25. The maximum atomic E-state index is 13.6. The van der Waals surface area contributed by atoms with E-state index in [0.717, 1.165) is 0 Å². The van der Waals surface area contributed by atoms with E-state index in [1.54, 1.807) is 0 Å². The molecule has 2 atom stereocenters. The van der Waals surface area contributed by atoms with Crippen LogP contribution in [-0.2, 0) is 25.1 Å². The minimum atomic E-state index is -3.92. The summed E-state index contributed by atoms with van der Waals surface area (Å²) in [4.78, 5) is 28.2. The van der Waals surface area contributed by atoms with E-state index in [2.05, 4.69) is 30.1 Å². The van der Waals surface area contributed by atoms with Gasteiger partial charge >= 0.3 is 0 Å². The second-order valence-corrected chi connectivity index (χ2v) is 10.9. The lowest BCUT2D eigenvalue weighted by Crippen LogP contribution is -2.30. The van der Waals surface area contributed by atoms with Gasteiger partial charge in [-0.2, -0.15) is 9.97 Å². The van der Waals surface area contributed by atoms with Gasteiger partial charge in [-0.25, -0.2) is 18.4 Å². The van der Waals surface area contributed by atoms with Crippen LogP contribution >= 0.6 is 11.6 Å². The Hall–Kier alpha value is -3.23. The molecule has 1 fully saturated rings. The fourth-order valence-electron chi connectivity index (χ4n) is 3.92. The van der Waals surface area contributed by atoms with Crippen molar-refractivity contribution < 1.29 is 27.4 Å². The van der Waals surface area contributed by atoms with Gasteiger partial charge in [-0.1, -0.05) is 11.6 Å². The number of rotatable bonds is 10. The number of hydrogen-bond donors (Lipinski definition) is 0. The summed E-state index contributed by atoms with van der Waals surface area (Å²) >= 11 is 5.86. The lowest BCUT2D eigenvalue weighted by atomic mass is 9.83. The molecule has 13 nitrogen and oxygen atoms in total. The average molecular weight is 538 g/mol. The Morgan fingerprint density at radius 2 is 1.67 bits per heavy atom. The number of aromatic nitrogens is 7. The van der Waals surface area contributed by atoms with Crippen molar-refractivity contribution in [2.75, 3.05) is 21.3 Å². The minimum absolute atomic E-state index is 0.0755. The second kappa shape index (κ2) is 10.4. The van der Waals surface area contributed by atoms with Gasteiger partial charge in [0.1, 0.15) is 29.8 Å². The lowest BCUT2D eigenvalue weighted by molar-refractivity contribution is -0.124. The molecule has 0 spiro atoms. The maximum Gasteiger partial charge on any atom is 0.245 e. The third-order valence-corrected chi connectivity index (χ3v) is 8.14. The zero-order valence-corrected chi connectivity index (χ0v) is 21.5. The Balaban J connectivity index is 1.77. The van der Waals surface area contributed by atoms with Gasteiger partial charge in [0.05, 0.1) is 24.5 Å². The van der Waals surface area contributed by atoms with Crippen LogP contribution in [0.25, 0.3) is 5.69 Å². The Morgan fingerprint density at radius 1 is 1.06 bits per heavy atom. The SMILES string of the molecule is COc1ncnc(OC)c1-n1c(CS(=O)(=O)[C@@H](C)[C@H](OC)c2ncc(Cl)cn2)nnc1C1CC(=O)C1. The molecule has 0 radical (unpaired) electrons.